The Morgan fingerprint density at radius 2 is 2.23 bits per heavy atom. The first-order valence-electron chi connectivity index (χ1n) is 7.91. The molecule has 3 rings (SSSR count). The minimum absolute atomic E-state index is 0.0310. The topological polar surface area (TPSA) is 42.0 Å². The maximum absolute atomic E-state index is 12.0. The van der Waals surface area contributed by atoms with E-state index in [2.05, 4.69) is 27.3 Å². The van der Waals surface area contributed by atoms with Crippen molar-refractivity contribution in [2.75, 3.05) is 39.9 Å². The van der Waals surface area contributed by atoms with E-state index in [-0.39, 0.29) is 18.1 Å². The first kappa shape index (κ1) is 15.9. The number of morpholine rings is 1. The van der Waals surface area contributed by atoms with Gasteiger partial charge in [-0.05, 0) is 25.4 Å². The third-order valence-electron chi connectivity index (χ3n) is 4.50. The van der Waals surface area contributed by atoms with E-state index in [4.69, 9.17) is 9.47 Å². The number of rotatable bonds is 5. The number of ether oxygens (including phenoxy) is 2. The first-order chi connectivity index (χ1) is 10.6. The number of carbonyl (C=O) groups is 1. The molecule has 3 atom stereocenters. The summed E-state index contributed by atoms with van der Waals surface area (Å²) in [6, 6.07) is 4.49. The van der Waals surface area contributed by atoms with Crippen LogP contribution in [0.25, 0.3) is 0 Å². The number of carbonyl (C=O) groups excluding carboxylic acids is 1. The second-order valence-corrected chi connectivity index (χ2v) is 7.10. The van der Waals surface area contributed by atoms with E-state index in [1.807, 2.05) is 14.0 Å². The molecule has 22 heavy (non-hydrogen) atoms. The molecule has 0 saturated carbocycles. The Morgan fingerprint density at radius 3 is 2.82 bits per heavy atom. The monoisotopic (exact) mass is 324 g/mol. The molecule has 0 aromatic carbocycles. The van der Waals surface area contributed by atoms with Crippen molar-refractivity contribution in [1.82, 2.24) is 9.80 Å². The van der Waals surface area contributed by atoms with Crippen molar-refractivity contribution < 1.29 is 14.3 Å². The molecule has 3 unspecified atom stereocenters. The molecule has 6 heteroatoms. The molecule has 0 N–H and O–H groups in total. The maximum atomic E-state index is 12.0. The van der Waals surface area contributed by atoms with Crippen LogP contribution in [-0.2, 0) is 14.3 Å². The van der Waals surface area contributed by atoms with E-state index >= 15 is 0 Å². The second kappa shape index (κ2) is 7.08. The number of likely N-dealkylation sites (N-methyl/N-ethyl adjacent to an activating group) is 1. The van der Waals surface area contributed by atoms with Crippen molar-refractivity contribution in [3.05, 3.63) is 22.4 Å². The first-order valence-corrected chi connectivity index (χ1v) is 8.79. The van der Waals surface area contributed by atoms with Gasteiger partial charge in [-0.25, -0.2) is 0 Å². The van der Waals surface area contributed by atoms with Gasteiger partial charge in [-0.1, -0.05) is 6.07 Å². The van der Waals surface area contributed by atoms with Crippen molar-refractivity contribution in [3.63, 3.8) is 0 Å². The Kier molecular flexibility index (Phi) is 5.13. The number of cyclic esters (lactones) is 1. The highest BCUT2D eigenvalue weighted by Gasteiger charge is 2.36. The van der Waals surface area contributed by atoms with Gasteiger partial charge >= 0.3 is 5.97 Å². The molecule has 0 spiro atoms. The molecule has 1 aromatic rings. The highest BCUT2D eigenvalue weighted by Crippen LogP contribution is 2.29. The molecular formula is C16H24N2O3S. The molecule has 0 aliphatic carbocycles. The van der Waals surface area contributed by atoms with E-state index in [1.54, 1.807) is 11.3 Å². The number of esters is 1. The predicted octanol–water partition coefficient (Wildman–Crippen LogP) is 1.76. The Balaban J connectivity index is 1.71. The summed E-state index contributed by atoms with van der Waals surface area (Å²) in [4.78, 5) is 18.0. The number of hydrogen-bond donors (Lipinski definition) is 0. The van der Waals surface area contributed by atoms with Gasteiger partial charge < -0.3 is 9.47 Å². The molecular weight excluding hydrogens is 300 g/mol. The van der Waals surface area contributed by atoms with Crippen LogP contribution in [0.1, 0.15) is 24.3 Å². The Morgan fingerprint density at radius 1 is 1.45 bits per heavy atom. The van der Waals surface area contributed by atoms with Crippen LogP contribution in [-0.4, -0.2) is 67.8 Å². The molecule has 5 nitrogen and oxygen atoms in total. The zero-order valence-electron chi connectivity index (χ0n) is 13.2. The van der Waals surface area contributed by atoms with Crippen molar-refractivity contribution in [3.8, 4) is 0 Å². The summed E-state index contributed by atoms with van der Waals surface area (Å²) in [7, 11) is 2.03. The minimum Gasteiger partial charge on any atom is -0.461 e. The molecule has 0 radical (unpaired) electrons. The van der Waals surface area contributed by atoms with Gasteiger partial charge in [0, 0.05) is 30.9 Å². The molecule has 0 bridgehead atoms. The fourth-order valence-electron chi connectivity index (χ4n) is 3.25. The van der Waals surface area contributed by atoms with Gasteiger partial charge in [-0.3, -0.25) is 14.6 Å². The zero-order chi connectivity index (χ0) is 15.5. The summed E-state index contributed by atoms with van der Waals surface area (Å²) in [5.74, 6) is -0.0816. The average molecular weight is 324 g/mol. The van der Waals surface area contributed by atoms with Gasteiger partial charge in [0.15, 0.2) is 0 Å². The molecule has 2 aliphatic rings. The molecule has 0 amide bonds. The summed E-state index contributed by atoms with van der Waals surface area (Å²) >= 11 is 1.79. The van der Waals surface area contributed by atoms with Crippen LogP contribution in [0.3, 0.4) is 0 Å². The van der Waals surface area contributed by atoms with E-state index in [9.17, 15) is 4.79 Å². The summed E-state index contributed by atoms with van der Waals surface area (Å²) in [5, 5.41) is 2.12. The van der Waals surface area contributed by atoms with Crippen molar-refractivity contribution in [2.24, 2.45) is 0 Å². The summed E-state index contributed by atoms with van der Waals surface area (Å²) in [6.45, 7) is 6.27. The summed E-state index contributed by atoms with van der Waals surface area (Å²) < 4.78 is 10.8. The van der Waals surface area contributed by atoms with Crippen LogP contribution in [0.15, 0.2) is 17.5 Å². The lowest BCUT2D eigenvalue weighted by molar-refractivity contribution is -0.144. The number of nitrogens with zero attached hydrogens (tertiary/aromatic N) is 2. The third-order valence-corrected chi connectivity index (χ3v) is 5.47. The minimum atomic E-state index is -0.112. The van der Waals surface area contributed by atoms with E-state index < -0.39 is 0 Å². The third kappa shape index (κ3) is 3.51. The van der Waals surface area contributed by atoms with Crippen LogP contribution >= 0.6 is 11.3 Å². The van der Waals surface area contributed by atoms with Crippen molar-refractivity contribution in [1.29, 1.82) is 0 Å². The van der Waals surface area contributed by atoms with E-state index in [0.717, 1.165) is 39.3 Å². The SMILES string of the molecule is CC1CC(N(C)CC(c2cccs2)N2CCOCC2)C(=O)O1. The molecule has 3 heterocycles. The van der Waals surface area contributed by atoms with Crippen LogP contribution in [0, 0.1) is 0 Å². The van der Waals surface area contributed by atoms with Gasteiger partial charge in [0.1, 0.15) is 12.1 Å². The maximum Gasteiger partial charge on any atom is 0.323 e. The fourth-order valence-corrected chi connectivity index (χ4v) is 4.10. The Bertz CT molecular complexity index is 488. The standard InChI is InChI=1S/C16H24N2O3S/c1-12-10-13(16(19)21-12)17(2)11-14(15-4-3-9-22-15)18-5-7-20-8-6-18/h3-4,9,12-14H,5-8,10-11H2,1-2H3. The molecule has 122 valence electrons. The largest absolute Gasteiger partial charge is 0.461 e. The van der Waals surface area contributed by atoms with Gasteiger partial charge in [-0.2, -0.15) is 0 Å². The summed E-state index contributed by atoms with van der Waals surface area (Å²) in [6.07, 6.45) is 0.818. The molecule has 1 aromatic heterocycles. The lowest BCUT2D eigenvalue weighted by atomic mass is 10.1. The van der Waals surface area contributed by atoms with Crippen molar-refractivity contribution in [2.45, 2.75) is 31.5 Å². The lowest BCUT2D eigenvalue weighted by Crippen LogP contribution is -2.46. The van der Waals surface area contributed by atoms with Crippen LogP contribution in [0.4, 0.5) is 0 Å². The molecule has 2 aliphatic heterocycles. The van der Waals surface area contributed by atoms with Gasteiger partial charge in [0.05, 0.1) is 19.3 Å². The van der Waals surface area contributed by atoms with E-state index in [1.165, 1.54) is 4.88 Å². The normalized spacial score (nSPS) is 28.0. The predicted molar refractivity (Wildman–Crippen MR) is 86.0 cm³/mol. The van der Waals surface area contributed by atoms with E-state index in [0.29, 0.717) is 6.04 Å². The highest BCUT2D eigenvalue weighted by atomic mass is 32.1. The Hall–Kier alpha value is -0.950. The molecule has 2 saturated heterocycles. The highest BCUT2D eigenvalue weighted by molar-refractivity contribution is 7.10. The second-order valence-electron chi connectivity index (χ2n) is 6.12. The zero-order valence-corrected chi connectivity index (χ0v) is 14.1. The van der Waals surface area contributed by atoms with Crippen LogP contribution in [0.5, 0.6) is 0 Å². The fraction of sp³-hybridized carbons (Fsp3) is 0.688. The average Bonchev–Trinajstić information content (AvgIpc) is 3.15. The lowest BCUT2D eigenvalue weighted by Gasteiger charge is -2.37. The number of thiophene rings is 1. The number of hydrogen-bond acceptors (Lipinski definition) is 6. The van der Waals surface area contributed by atoms with Gasteiger partial charge in [0.2, 0.25) is 0 Å². The van der Waals surface area contributed by atoms with Crippen molar-refractivity contribution >= 4 is 17.3 Å². The van der Waals surface area contributed by atoms with Crippen LogP contribution in [0.2, 0.25) is 0 Å². The van der Waals surface area contributed by atoms with Gasteiger partial charge in [-0.15, -0.1) is 11.3 Å². The van der Waals surface area contributed by atoms with Gasteiger partial charge in [0.25, 0.3) is 0 Å². The smallest absolute Gasteiger partial charge is 0.323 e. The van der Waals surface area contributed by atoms with Crippen LogP contribution < -0.4 is 0 Å². The summed E-state index contributed by atoms with van der Waals surface area (Å²) in [5.41, 5.74) is 0. The molecule has 2 fully saturated rings. The Labute approximate surface area is 135 Å². The quantitative estimate of drug-likeness (QED) is 0.772.